The van der Waals surface area contributed by atoms with E-state index in [1.54, 1.807) is 17.1 Å². The van der Waals surface area contributed by atoms with E-state index in [2.05, 4.69) is 10.2 Å². The zero-order chi connectivity index (χ0) is 16.7. The molecule has 2 atom stereocenters. The Morgan fingerprint density at radius 1 is 1.29 bits per heavy atom. The van der Waals surface area contributed by atoms with E-state index in [1.165, 1.54) is 7.11 Å². The Kier molecular flexibility index (Phi) is 3.55. The average molecular weight is 325 g/mol. The van der Waals surface area contributed by atoms with Gasteiger partial charge in [-0.25, -0.2) is 9.50 Å². The normalized spacial score (nSPS) is 20.6. The molecule has 3 aromatic rings. The Bertz CT molecular complexity index is 897. The maximum atomic E-state index is 11.8. The highest BCUT2D eigenvalue weighted by molar-refractivity contribution is 5.73. The fourth-order valence-corrected chi connectivity index (χ4v) is 3.56. The Hall–Kier alpha value is -2.70. The van der Waals surface area contributed by atoms with Gasteiger partial charge >= 0.3 is 5.97 Å². The van der Waals surface area contributed by atoms with E-state index in [0.717, 1.165) is 41.7 Å². The Balaban J connectivity index is 1.75. The molecule has 7 nitrogen and oxygen atoms in total. The van der Waals surface area contributed by atoms with Gasteiger partial charge in [0.25, 0.3) is 0 Å². The summed E-state index contributed by atoms with van der Waals surface area (Å²) in [4.78, 5) is 16.7. The zero-order valence-corrected chi connectivity index (χ0v) is 13.7. The predicted molar refractivity (Wildman–Crippen MR) is 87.3 cm³/mol. The summed E-state index contributed by atoms with van der Waals surface area (Å²) in [6.07, 6.45) is 9.99. The van der Waals surface area contributed by atoms with Gasteiger partial charge in [-0.05, 0) is 25.3 Å². The van der Waals surface area contributed by atoms with Crippen LogP contribution in [0.4, 0.5) is 0 Å². The summed E-state index contributed by atoms with van der Waals surface area (Å²) in [6.45, 7) is 0. The van der Waals surface area contributed by atoms with Gasteiger partial charge in [0.2, 0.25) is 0 Å². The van der Waals surface area contributed by atoms with Crippen LogP contribution in [0.1, 0.15) is 30.9 Å². The van der Waals surface area contributed by atoms with Gasteiger partial charge in [0, 0.05) is 24.7 Å². The third kappa shape index (κ3) is 2.46. The molecule has 124 valence electrons. The number of ether oxygens (including phenoxy) is 1. The lowest BCUT2D eigenvalue weighted by molar-refractivity contribution is -0.145. The number of aryl methyl sites for hydroxylation is 1. The molecule has 0 aromatic carbocycles. The van der Waals surface area contributed by atoms with Gasteiger partial charge in [-0.3, -0.25) is 9.48 Å². The number of hydrogen-bond acceptors (Lipinski definition) is 5. The minimum atomic E-state index is -0.120. The van der Waals surface area contributed by atoms with Crippen LogP contribution in [0.3, 0.4) is 0 Å². The average Bonchev–Trinajstić information content (AvgIpc) is 3.32. The van der Waals surface area contributed by atoms with E-state index in [4.69, 9.17) is 9.72 Å². The molecular formula is C17H19N5O2. The smallest absolute Gasteiger partial charge is 0.308 e. The first-order valence-electron chi connectivity index (χ1n) is 8.07. The molecule has 1 saturated carbocycles. The number of nitrogens with zero attached hydrogens (tertiary/aromatic N) is 5. The molecule has 1 fully saturated rings. The van der Waals surface area contributed by atoms with Crippen LogP contribution in [-0.2, 0) is 16.6 Å². The quantitative estimate of drug-likeness (QED) is 0.690. The molecule has 7 heteroatoms. The molecular weight excluding hydrogens is 306 g/mol. The van der Waals surface area contributed by atoms with Crippen LogP contribution in [0.5, 0.6) is 0 Å². The van der Waals surface area contributed by atoms with Crippen LogP contribution < -0.4 is 0 Å². The van der Waals surface area contributed by atoms with Crippen molar-refractivity contribution in [2.75, 3.05) is 7.11 Å². The van der Waals surface area contributed by atoms with Crippen molar-refractivity contribution < 1.29 is 9.53 Å². The highest BCUT2D eigenvalue weighted by Gasteiger charge is 2.33. The first kappa shape index (κ1) is 14.9. The Morgan fingerprint density at radius 3 is 2.92 bits per heavy atom. The minimum absolute atomic E-state index is 0.0354. The second kappa shape index (κ2) is 5.74. The van der Waals surface area contributed by atoms with Crippen molar-refractivity contribution in [3.63, 3.8) is 0 Å². The number of carbonyl (C=O) groups is 1. The van der Waals surface area contributed by atoms with E-state index in [1.807, 2.05) is 30.0 Å². The molecule has 0 N–H and O–H groups in total. The van der Waals surface area contributed by atoms with E-state index in [9.17, 15) is 4.79 Å². The Morgan fingerprint density at radius 2 is 2.17 bits per heavy atom. The number of carbonyl (C=O) groups excluding carboxylic acids is 1. The fraction of sp³-hybridized carbons (Fsp3) is 0.412. The number of aromatic nitrogens is 5. The predicted octanol–water partition coefficient (Wildman–Crippen LogP) is 2.19. The minimum Gasteiger partial charge on any atom is -0.469 e. The maximum absolute atomic E-state index is 11.8. The van der Waals surface area contributed by atoms with Gasteiger partial charge in [0.15, 0.2) is 0 Å². The van der Waals surface area contributed by atoms with Crippen molar-refractivity contribution in [3.05, 3.63) is 36.5 Å². The molecule has 1 aliphatic carbocycles. The summed E-state index contributed by atoms with van der Waals surface area (Å²) in [5, 5.41) is 8.59. The largest absolute Gasteiger partial charge is 0.469 e. The van der Waals surface area contributed by atoms with Crippen molar-refractivity contribution in [1.29, 1.82) is 0 Å². The second-order valence-corrected chi connectivity index (χ2v) is 6.31. The van der Waals surface area contributed by atoms with Crippen molar-refractivity contribution in [1.82, 2.24) is 24.4 Å². The zero-order valence-electron chi connectivity index (χ0n) is 13.7. The van der Waals surface area contributed by atoms with Gasteiger partial charge in [-0.1, -0.05) is 0 Å². The first-order valence-corrected chi connectivity index (χ1v) is 8.07. The van der Waals surface area contributed by atoms with Gasteiger partial charge in [-0.15, -0.1) is 0 Å². The number of hydrogen-bond donors (Lipinski definition) is 0. The van der Waals surface area contributed by atoms with Crippen LogP contribution in [0.25, 0.3) is 16.8 Å². The van der Waals surface area contributed by atoms with Crippen molar-refractivity contribution in [2.24, 2.45) is 13.0 Å². The summed E-state index contributed by atoms with van der Waals surface area (Å²) < 4.78 is 8.51. The monoisotopic (exact) mass is 325 g/mol. The molecule has 4 rings (SSSR count). The molecule has 0 saturated heterocycles. The molecule has 0 bridgehead atoms. The molecule has 0 aliphatic heterocycles. The molecule has 0 amide bonds. The fourth-order valence-electron chi connectivity index (χ4n) is 3.56. The number of methoxy groups -OCH3 is 1. The molecule has 3 heterocycles. The van der Waals surface area contributed by atoms with E-state index < -0.39 is 0 Å². The summed E-state index contributed by atoms with van der Waals surface area (Å²) in [5.41, 5.74) is 3.80. The molecule has 1 unspecified atom stereocenters. The first-order chi connectivity index (χ1) is 11.7. The van der Waals surface area contributed by atoms with Crippen LogP contribution in [0.2, 0.25) is 0 Å². The molecule has 1 aliphatic rings. The Labute approximate surface area is 139 Å². The lowest BCUT2D eigenvalue weighted by Crippen LogP contribution is -2.13. The number of rotatable bonds is 3. The highest BCUT2D eigenvalue weighted by Crippen LogP contribution is 2.40. The van der Waals surface area contributed by atoms with E-state index in [0.29, 0.717) is 0 Å². The molecule has 3 aromatic heterocycles. The van der Waals surface area contributed by atoms with Crippen LogP contribution >= 0.6 is 0 Å². The summed E-state index contributed by atoms with van der Waals surface area (Å²) in [7, 11) is 3.33. The summed E-state index contributed by atoms with van der Waals surface area (Å²) in [6, 6.07) is 1.97. The van der Waals surface area contributed by atoms with Crippen molar-refractivity contribution in [2.45, 2.75) is 25.2 Å². The molecule has 0 radical (unpaired) electrons. The van der Waals surface area contributed by atoms with Crippen molar-refractivity contribution in [3.8, 4) is 11.3 Å². The van der Waals surface area contributed by atoms with Gasteiger partial charge in [0.1, 0.15) is 0 Å². The van der Waals surface area contributed by atoms with Gasteiger partial charge < -0.3 is 4.74 Å². The molecule has 24 heavy (non-hydrogen) atoms. The lowest BCUT2D eigenvalue weighted by Gasteiger charge is -2.13. The molecule has 0 spiro atoms. The van der Waals surface area contributed by atoms with Crippen LogP contribution in [0.15, 0.2) is 30.9 Å². The summed E-state index contributed by atoms with van der Waals surface area (Å²) in [5.74, 6) is 0.0854. The SMILES string of the molecule is COC(=O)[C@@H]1CCC(c2nc(-c3cnn(C)c3)cn3nccc23)C1. The van der Waals surface area contributed by atoms with Gasteiger partial charge in [0.05, 0.1) is 48.5 Å². The standard InChI is InChI=1S/C17H19N5O2/c1-21-9-13(8-19-21)14-10-22-15(5-6-18-22)16(20-14)11-3-4-12(7-11)17(23)24-2/h5-6,8-12H,3-4,7H2,1-2H3/t11?,12-/m1/s1. The third-order valence-corrected chi connectivity index (χ3v) is 4.77. The number of fused-ring (bicyclic) bond motifs is 1. The highest BCUT2D eigenvalue weighted by atomic mass is 16.5. The van der Waals surface area contributed by atoms with Gasteiger partial charge in [-0.2, -0.15) is 10.2 Å². The second-order valence-electron chi connectivity index (χ2n) is 6.31. The van der Waals surface area contributed by atoms with Crippen molar-refractivity contribution >= 4 is 11.5 Å². The third-order valence-electron chi connectivity index (χ3n) is 4.77. The summed E-state index contributed by atoms with van der Waals surface area (Å²) >= 11 is 0. The maximum Gasteiger partial charge on any atom is 0.308 e. The van der Waals surface area contributed by atoms with E-state index in [-0.39, 0.29) is 17.8 Å². The van der Waals surface area contributed by atoms with E-state index >= 15 is 0 Å². The lowest BCUT2D eigenvalue weighted by atomic mass is 10.00. The topological polar surface area (TPSA) is 74.3 Å². The number of esters is 1. The van der Waals surface area contributed by atoms with Crippen LogP contribution in [-0.4, -0.2) is 37.5 Å². The van der Waals surface area contributed by atoms with Crippen LogP contribution in [0, 0.1) is 5.92 Å².